The quantitative estimate of drug-likeness (QED) is 0.764. The number of hydrogen-bond donors (Lipinski definition) is 1. The van der Waals surface area contributed by atoms with Crippen LogP contribution < -0.4 is 5.32 Å². The maximum absolute atomic E-state index is 5.75. The van der Waals surface area contributed by atoms with Crippen LogP contribution in [0.15, 0.2) is 0 Å². The zero-order valence-electron chi connectivity index (χ0n) is 10.7. The molecule has 1 heterocycles. The van der Waals surface area contributed by atoms with Crippen molar-refractivity contribution >= 4 is 0 Å². The van der Waals surface area contributed by atoms with Crippen molar-refractivity contribution in [2.75, 3.05) is 19.8 Å². The van der Waals surface area contributed by atoms with E-state index < -0.39 is 0 Å². The van der Waals surface area contributed by atoms with E-state index in [2.05, 4.69) is 39.9 Å². The smallest absolute Gasteiger partial charge is 0.0932 e. The lowest BCUT2D eigenvalue weighted by molar-refractivity contribution is -0.0672. The Hall–Kier alpha value is -0.120. The van der Waals surface area contributed by atoms with Gasteiger partial charge in [-0.2, -0.15) is 0 Å². The molecule has 0 saturated carbocycles. The minimum atomic E-state index is -0.0782. The predicted octanol–water partition coefficient (Wildman–Crippen LogP) is 1.96. The third kappa shape index (κ3) is 5.50. The van der Waals surface area contributed by atoms with Crippen molar-refractivity contribution in [3.05, 3.63) is 0 Å². The van der Waals surface area contributed by atoms with Crippen molar-refractivity contribution in [1.82, 2.24) is 5.32 Å². The van der Waals surface area contributed by atoms with Crippen molar-refractivity contribution in [1.29, 1.82) is 0 Å². The predicted molar refractivity (Wildman–Crippen MR) is 62.1 cm³/mol. The van der Waals surface area contributed by atoms with Gasteiger partial charge in [0, 0.05) is 18.7 Å². The largest absolute Gasteiger partial charge is 0.374 e. The van der Waals surface area contributed by atoms with Gasteiger partial charge in [-0.05, 0) is 41.0 Å². The fourth-order valence-corrected chi connectivity index (χ4v) is 1.47. The van der Waals surface area contributed by atoms with Gasteiger partial charge in [0.05, 0.1) is 18.3 Å². The SMILES string of the molecule is CC1(C)CCOC(COC(C)(C)C)CN1. The first-order chi connectivity index (χ1) is 6.79. The fourth-order valence-electron chi connectivity index (χ4n) is 1.47. The molecule has 0 bridgehead atoms. The van der Waals surface area contributed by atoms with Crippen LogP contribution >= 0.6 is 0 Å². The normalized spacial score (nSPS) is 27.4. The van der Waals surface area contributed by atoms with Crippen molar-refractivity contribution in [2.24, 2.45) is 0 Å². The number of ether oxygens (including phenoxy) is 2. The molecule has 90 valence electrons. The fraction of sp³-hybridized carbons (Fsp3) is 1.00. The van der Waals surface area contributed by atoms with Gasteiger partial charge < -0.3 is 14.8 Å². The summed E-state index contributed by atoms with van der Waals surface area (Å²) in [6.07, 6.45) is 1.24. The Kier molecular flexibility index (Phi) is 4.15. The number of hydrogen-bond acceptors (Lipinski definition) is 3. The van der Waals surface area contributed by atoms with Crippen LogP contribution in [0.1, 0.15) is 41.0 Å². The van der Waals surface area contributed by atoms with Crippen molar-refractivity contribution < 1.29 is 9.47 Å². The minimum absolute atomic E-state index is 0.0782. The molecule has 0 aromatic rings. The van der Waals surface area contributed by atoms with E-state index in [4.69, 9.17) is 9.47 Å². The van der Waals surface area contributed by atoms with E-state index >= 15 is 0 Å². The molecule has 0 aromatic heterocycles. The van der Waals surface area contributed by atoms with Crippen LogP contribution in [0, 0.1) is 0 Å². The molecule has 0 amide bonds. The monoisotopic (exact) mass is 215 g/mol. The summed E-state index contributed by atoms with van der Waals surface area (Å²) in [7, 11) is 0. The van der Waals surface area contributed by atoms with E-state index in [1.54, 1.807) is 0 Å². The van der Waals surface area contributed by atoms with E-state index in [1.165, 1.54) is 0 Å². The maximum Gasteiger partial charge on any atom is 0.0932 e. The van der Waals surface area contributed by atoms with Crippen LogP contribution in [-0.4, -0.2) is 37.0 Å². The van der Waals surface area contributed by atoms with Gasteiger partial charge in [0.2, 0.25) is 0 Å². The van der Waals surface area contributed by atoms with Gasteiger partial charge in [-0.25, -0.2) is 0 Å². The van der Waals surface area contributed by atoms with E-state index in [9.17, 15) is 0 Å². The first-order valence-corrected chi connectivity index (χ1v) is 5.79. The average molecular weight is 215 g/mol. The van der Waals surface area contributed by atoms with Crippen LogP contribution in [0.2, 0.25) is 0 Å². The maximum atomic E-state index is 5.75. The number of rotatable bonds is 2. The first-order valence-electron chi connectivity index (χ1n) is 5.79. The highest BCUT2D eigenvalue weighted by atomic mass is 16.5. The number of nitrogens with one attached hydrogen (secondary N) is 1. The molecule has 0 aliphatic carbocycles. The molecule has 1 atom stereocenters. The molecular formula is C12H25NO2. The lowest BCUT2D eigenvalue weighted by Crippen LogP contribution is -2.42. The van der Waals surface area contributed by atoms with Crippen LogP contribution in [-0.2, 0) is 9.47 Å². The van der Waals surface area contributed by atoms with Gasteiger partial charge >= 0.3 is 0 Å². The molecule has 0 radical (unpaired) electrons. The van der Waals surface area contributed by atoms with Gasteiger partial charge in [0.25, 0.3) is 0 Å². The molecule has 3 nitrogen and oxygen atoms in total. The van der Waals surface area contributed by atoms with Gasteiger partial charge in [-0.1, -0.05) is 0 Å². The third-order valence-corrected chi connectivity index (χ3v) is 2.59. The highest BCUT2D eigenvalue weighted by Crippen LogP contribution is 2.15. The Balaban J connectivity index is 2.32. The molecule has 1 N–H and O–H groups in total. The summed E-state index contributed by atoms with van der Waals surface area (Å²) in [6, 6.07) is 0. The summed E-state index contributed by atoms with van der Waals surface area (Å²) in [4.78, 5) is 0. The summed E-state index contributed by atoms with van der Waals surface area (Å²) in [5, 5.41) is 3.50. The first kappa shape index (κ1) is 12.9. The summed E-state index contributed by atoms with van der Waals surface area (Å²) >= 11 is 0. The van der Waals surface area contributed by atoms with Crippen molar-refractivity contribution in [3.63, 3.8) is 0 Å². The zero-order chi connectivity index (χ0) is 11.5. The highest BCUT2D eigenvalue weighted by molar-refractivity contribution is 4.82. The standard InChI is InChI=1S/C12H25NO2/c1-11(2,3)15-9-10-8-13-12(4,5)6-7-14-10/h10,13H,6-9H2,1-5H3. The van der Waals surface area contributed by atoms with Gasteiger partial charge in [0.15, 0.2) is 0 Å². The van der Waals surface area contributed by atoms with E-state index in [0.29, 0.717) is 6.61 Å². The topological polar surface area (TPSA) is 30.5 Å². The van der Waals surface area contributed by atoms with Crippen LogP contribution in [0.25, 0.3) is 0 Å². The molecule has 3 heteroatoms. The molecule has 0 aromatic carbocycles. The van der Waals surface area contributed by atoms with Gasteiger partial charge in [-0.3, -0.25) is 0 Å². The molecule has 0 spiro atoms. The second kappa shape index (κ2) is 4.81. The van der Waals surface area contributed by atoms with Gasteiger partial charge in [-0.15, -0.1) is 0 Å². The van der Waals surface area contributed by atoms with Crippen LogP contribution in [0.5, 0.6) is 0 Å². The van der Waals surface area contributed by atoms with E-state index in [0.717, 1.165) is 19.6 Å². The summed E-state index contributed by atoms with van der Waals surface area (Å²) < 4.78 is 11.5. The molecule has 1 aliphatic rings. The second-order valence-electron chi connectivity index (χ2n) is 5.93. The third-order valence-electron chi connectivity index (χ3n) is 2.59. The Morgan fingerprint density at radius 1 is 1.40 bits per heavy atom. The molecule has 1 saturated heterocycles. The second-order valence-corrected chi connectivity index (χ2v) is 5.93. The Bertz CT molecular complexity index is 196. The Morgan fingerprint density at radius 3 is 2.67 bits per heavy atom. The molecular weight excluding hydrogens is 190 g/mol. The molecule has 1 unspecified atom stereocenters. The molecule has 15 heavy (non-hydrogen) atoms. The lowest BCUT2D eigenvalue weighted by Gasteiger charge is -2.25. The molecule has 1 fully saturated rings. The van der Waals surface area contributed by atoms with E-state index in [1.807, 2.05) is 0 Å². The molecule has 1 rings (SSSR count). The Morgan fingerprint density at radius 2 is 2.07 bits per heavy atom. The van der Waals surface area contributed by atoms with Gasteiger partial charge in [0.1, 0.15) is 0 Å². The van der Waals surface area contributed by atoms with E-state index in [-0.39, 0.29) is 17.2 Å². The lowest BCUT2D eigenvalue weighted by atomic mass is 10.0. The summed E-state index contributed by atoms with van der Waals surface area (Å²) in [6.45, 7) is 13.0. The van der Waals surface area contributed by atoms with Crippen LogP contribution in [0.4, 0.5) is 0 Å². The van der Waals surface area contributed by atoms with Crippen LogP contribution in [0.3, 0.4) is 0 Å². The minimum Gasteiger partial charge on any atom is -0.374 e. The molecule has 1 aliphatic heterocycles. The summed E-state index contributed by atoms with van der Waals surface area (Å²) in [5.41, 5.74) is 0.113. The zero-order valence-corrected chi connectivity index (χ0v) is 10.7. The van der Waals surface area contributed by atoms with Crippen molar-refractivity contribution in [2.45, 2.75) is 58.3 Å². The van der Waals surface area contributed by atoms with Crippen molar-refractivity contribution in [3.8, 4) is 0 Å². The highest BCUT2D eigenvalue weighted by Gasteiger charge is 2.25. The average Bonchev–Trinajstić information content (AvgIpc) is 2.22. The Labute approximate surface area is 93.5 Å². The summed E-state index contributed by atoms with van der Waals surface area (Å²) in [5.74, 6) is 0.